The highest BCUT2D eigenvalue weighted by atomic mass is 16.5. The number of hydrogen-bond acceptors (Lipinski definition) is 5. The normalized spacial score (nSPS) is 24.1. The highest BCUT2D eigenvalue weighted by Gasteiger charge is 2.51. The van der Waals surface area contributed by atoms with Gasteiger partial charge >= 0.3 is 5.97 Å². The van der Waals surface area contributed by atoms with E-state index in [4.69, 9.17) is 9.47 Å². The predicted octanol–water partition coefficient (Wildman–Crippen LogP) is -0.0956. The van der Waals surface area contributed by atoms with Gasteiger partial charge in [0.2, 0.25) is 5.91 Å². The molecule has 0 saturated carbocycles. The van der Waals surface area contributed by atoms with Gasteiger partial charge in [-0.1, -0.05) is 0 Å². The number of methoxy groups -OCH3 is 1. The van der Waals surface area contributed by atoms with Crippen LogP contribution >= 0.6 is 0 Å². The molecule has 2 fully saturated rings. The van der Waals surface area contributed by atoms with E-state index in [0.717, 1.165) is 0 Å². The van der Waals surface area contributed by atoms with E-state index in [1.807, 2.05) is 11.9 Å². The van der Waals surface area contributed by atoms with Gasteiger partial charge in [0, 0.05) is 45.4 Å². The van der Waals surface area contributed by atoms with Crippen molar-refractivity contribution in [1.82, 2.24) is 9.80 Å². The van der Waals surface area contributed by atoms with E-state index in [1.54, 1.807) is 12.0 Å². The number of carbonyl (C=O) groups excluding carboxylic acids is 1. The Morgan fingerprint density at radius 2 is 2.09 bits per heavy atom. The van der Waals surface area contributed by atoms with Crippen LogP contribution in [0.4, 0.5) is 0 Å². The number of aliphatic carboxylic acids is 1. The summed E-state index contributed by atoms with van der Waals surface area (Å²) < 4.78 is 10.4. The van der Waals surface area contributed by atoms with Crippen LogP contribution in [0.2, 0.25) is 0 Å². The number of amides is 1. The first-order valence-corrected chi connectivity index (χ1v) is 7.74. The minimum atomic E-state index is -0.801. The summed E-state index contributed by atoms with van der Waals surface area (Å²) in [5, 5.41) is 9.52. The van der Waals surface area contributed by atoms with Crippen LogP contribution < -0.4 is 0 Å². The third kappa shape index (κ3) is 3.77. The first-order chi connectivity index (χ1) is 10.5. The summed E-state index contributed by atoms with van der Waals surface area (Å²) in [4.78, 5) is 27.6. The maximum Gasteiger partial charge on any atom is 0.308 e. The maximum absolute atomic E-state index is 12.4. The minimum Gasteiger partial charge on any atom is -0.481 e. The van der Waals surface area contributed by atoms with Gasteiger partial charge < -0.3 is 19.5 Å². The summed E-state index contributed by atoms with van der Waals surface area (Å²) in [6, 6.07) is 0. The van der Waals surface area contributed by atoms with Crippen LogP contribution in [-0.4, -0.2) is 86.9 Å². The molecule has 1 unspecified atom stereocenters. The number of ether oxygens (including phenoxy) is 2. The number of hydrogen-bond donors (Lipinski definition) is 1. The highest BCUT2D eigenvalue weighted by Crippen LogP contribution is 2.44. The number of carboxylic acid groups (broad SMARTS) is 1. The smallest absolute Gasteiger partial charge is 0.308 e. The van der Waals surface area contributed by atoms with Crippen molar-refractivity contribution in [3.05, 3.63) is 0 Å². The van der Waals surface area contributed by atoms with Crippen molar-refractivity contribution in [3.8, 4) is 0 Å². The van der Waals surface area contributed by atoms with Crippen LogP contribution in [0.25, 0.3) is 0 Å². The number of carboxylic acids is 1. The van der Waals surface area contributed by atoms with Gasteiger partial charge in [-0.25, -0.2) is 0 Å². The maximum atomic E-state index is 12.4. The van der Waals surface area contributed by atoms with Crippen molar-refractivity contribution >= 4 is 11.9 Å². The second kappa shape index (κ2) is 7.39. The average Bonchev–Trinajstić information content (AvgIpc) is 2.85. The van der Waals surface area contributed by atoms with Crippen molar-refractivity contribution in [3.63, 3.8) is 0 Å². The Morgan fingerprint density at radius 3 is 2.68 bits per heavy atom. The van der Waals surface area contributed by atoms with Crippen LogP contribution in [0.1, 0.15) is 12.8 Å². The minimum absolute atomic E-state index is 0.00628. The van der Waals surface area contributed by atoms with Gasteiger partial charge in [0.05, 0.1) is 19.1 Å². The Hall–Kier alpha value is -1.18. The molecule has 126 valence electrons. The number of rotatable bonds is 6. The lowest BCUT2D eigenvalue weighted by Crippen LogP contribution is -2.41. The van der Waals surface area contributed by atoms with Crippen molar-refractivity contribution in [1.29, 1.82) is 0 Å². The molecule has 0 aliphatic carbocycles. The monoisotopic (exact) mass is 314 g/mol. The molecule has 1 atom stereocenters. The molecule has 7 heteroatoms. The zero-order chi connectivity index (χ0) is 16.2. The molecular weight excluding hydrogens is 288 g/mol. The second-order valence-corrected chi connectivity index (χ2v) is 6.37. The molecule has 0 aromatic carbocycles. The van der Waals surface area contributed by atoms with Crippen LogP contribution in [0.3, 0.4) is 0 Å². The van der Waals surface area contributed by atoms with E-state index in [0.29, 0.717) is 58.8 Å². The van der Waals surface area contributed by atoms with Crippen molar-refractivity contribution in [2.45, 2.75) is 12.8 Å². The predicted molar refractivity (Wildman–Crippen MR) is 79.6 cm³/mol. The van der Waals surface area contributed by atoms with Gasteiger partial charge in [-0.05, 0) is 19.9 Å². The van der Waals surface area contributed by atoms with Gasteiger partial charge in [0.25, 0.3) is 0 Å². The Kier molecular flexibility index (Phi) is 5.77. The van der Waals surface area contributed by atoms with Crippen LogP contribution in [0.15, 0.2) is 0 Å². The number of likely N-dealkylation sites (N-methyl/N-ethyl adjacent to an activating group) is 1. The van der Waals surface area contributed by atoms with Gasteiger partial charge in [-0.3, -0.25) is 14.5 Å². The van der Waals surface area contributed by atoms with Gasteiger partial charge in [-0.2, -0.15) is 0 Å². The molecule has 2 aliphatic rings. The van der Waals surface area contributed by atoms with Crippen LogP contribution in [0, 0.1) is 11.3 Å². The van der Waals surface area contributed by atoms with Gasteiger partial charge in [0.1, 0.15) is 0 Å². The lowest BCUT2D eigenvalue weighted by atomic mass is 9.72. The fraction of sp³-hybridized carbons (Fsp3) is 0.867. The Morgan fingerprint density at radius 1 is 1.41 bits per heavy atom. The van der Waals surface area contributed by atoms with E-state index in [9.17, 15) is 14.7 Å². The van der Waals surface area contributed by atoms with E-state index in [2.05, 4.69) is 0 Å². The van der Waals surface area contributed by atoms with E-state index >= 15 is 0 Å². The van der Waals surface area contributed by atoms with Crippen LogP contribution in [-0.2, 0) is 19.1 Å². The third-order valence-corrected chi connectivity index (χ3v) is 4.87. The molecule has 2 saturated heterocycles. The van der Waals surface area contributed by atoms with Gasteiger partial charge in [-0.15, -0.1) is 0 Å². The zero-order valence-electron chi connectivity index (χ0n) is 13.4. The Labute approximate surface area is 131 Å². The lowest BCUT2D eigenvalue weighted by molar-refractivity contribution is -0.146. The molecular formula is C15H26N2O5. The van der Waals surface area contributed by atoms with Gasteiger partial charge in [0.15, 0.2) is 0 Å². The van der Waals surface area contributed by atoms with Crippen molar-refractivity contribution in [2.24, 2.45) is 11.3 Å². The molecule has 7 nitrogen and oxygen atoms in total. The second-order valence-electron chi connectivity index (χ2n) is 6.37. The van der Waals surface area contributed by atoms with E-state index in [1.165, 1.54) is 0 Å². The molecule has 1 N–H and O–H groups in total. The Balaban J connectivity index is 1.98. The quantitative estimate of drug-likeness (QED) is 0.738. The first kappa shape index (κ1) is 17.2. The van der Waals surface area contributed by atoms with Crippen molar-refractivity contribution < 1.29 is 24.2 Å². The highest BCUT2D eigenvalue weighted by molar-refractivity contribution is 5.81. The molecule has 2 aliphatic heterocycles. The number of carbonyl (C=O) groups is 2. The molecule has 0 bridgehead atoms. The van der Waals surface area contributed by atoms with Crippen molar-refractivity contribution in [2.75, 3.05) is 60.2 Å². The molecule has 2 rings (SSSR count). The summed E-state index contributed by atoms with van der Waals surface area (Å²) in [5.74, 6) is -1.29. The zero-order valence-corrected chi connectivity index (χ0v) is 13.4. The molecule has 0 radical (unpaired) electrons. The third-order valence-electron chi connectivity index (χ3n) is 4.87. The molecule has 0 aromatic rings. The standard InChI is InChI=1S/C15H26N2O5/c1-16(5-8-21-2)10-13(18)17-9-12(14(19)20)15(11-17)3-6-22-7-4-15/h12H,3-11H2,1-2H3,(H,19,20). The topological polar surface area (TPSA) is 79.3 Å². The SMILES string of the molecule is COCCN(C)CC(=O)N1CC(C(=O)O)C2(CCOCC2)C1. The summed E-state index contributed by atoms with van der Waals surface area (Å²) in [5.41, 5.74) is -0.315. The summed E-state index contributed by atoms with van der Waals surface area (Å²) in [7, 11) is 3.49. The lowest BCUT2D eigenvalue weighted by Gasteiger charge is -2.36. The molecule has 1 amide bonds. The fourth-order valence-corrected chi connectivity index (χ4v) is 3.44. The molecule has 1 spiro atoms. The van der Waals surface area contributed by atoms with Crippen LogP contribution in [0.5, 0.6) is 0 Å². The fourth-order valence-electron chi connectivity index (χ4n) is 3.44. The summed E-state index contributed by atoms with van der Waals surface area (Å²) in [6.07, 6.45) is 1.43. The number of nitrogens with zero attached hydrogens (tertiary/aromatic N) is 2. The Bertz CT molecular complexity index is 409. The van der Waals surface area contributed by atoms with E-state index < -0.39 is 11.9 Å². The molecule has 0 aromatic heterocycles. The summed E-state index contributed by atoms with van der Waals surface area (Å²) in [6.45, 7) is 3.55. The molecule has 22 heavy (non-hydrogen) atoms. The summed E-state index contributed by atoms with van der Waals surface area (Å²) >= 11 is 0. The number of likely N-dealkylation sites (tertiary alicyclic amines) is 1. The largest absolute Gasteiger partial charge is 0.481 e. The molecule has 2 heterocycles. The van der Waals surface area contributed by atoms with E-state index in [-0.39, 0.29) is 11.3 Å². The average molecular weight is 314 g/mol. The first-order valence-electron chi connectivity index (χ1n) is 7.74.